The number of aryl methyl sites for hydroxylation is 1. The van der Waals surface area contributed by atoms with Crippen molar-refractivity contribution in [3.05, 3.63) is 35.6 Å². The highest BCUT2D eigenvalue weighted by Gasteiger charge is 2.08. The zero-order valence-corrected chi connectivity index (χ0v) is 9.63. The highest BCUT2D eigenvalue weighted by molar-refractivity contribution is 6.31. The number of carbonyl (C=O) groups is 1. The van der Waals surface area contributed by atoms with Gasteiger partial charge in [-0.1, -0.05) is 11.6 Å². The van der Waals surface area contributed by atoms with E-state index in [1.165, 1.54) is 6.20 Å². The van der Waals surface area contributed by atoms with Crippen LogP contribution in [0.15, 0.2) is 24.9 Å². The normalized spacial score (nSPS) is 10.4. The molecule has 0 aliphatic carbocycles. The smallest absolute Gasteiger partial charge is 0.235 e. The standard InChI is InChI=1S/C10H10ClN5O/c11-7-5-14-10(16-4-3-13-6-16)15-8(7)1-2-9(12)17/h3-6H,1-2H2,(H2,12,17). The van der Waals surface area contributed by atoms with Gasteiger partial charge in [0.25, 0.3) is 0 Å². The average Bonchev–Trinajstić information content (AvgIpc) is 2.81. The molecule has 88 valence electrons. The molecule has 0 radical (unpaired) electrons. The van der Waals surface area contributed by atoms with Gasteiger partial charge in [0.05, 0.1) is 16.9 Å². The Morgan fingerprint density at radius 1 is 1.53 bits per heavy atom. The number of rotatable bonds is 4. The van der Waals surface area contributed by atoms with Gasteiger partial charge >= 0.3 is 0 Å². The van der Waals surface area contributed by atoms with Crippen LogP contribution >= 0.6 is 11.6 Å². The Morgan fingerprint density at radius 2 is 2.35 bits per heavy atom. The monoisotopic (exact) mass is 251 g/mol. The quantitative estimate of drug-likeness (QED) is 0.868. The third kappa shape index (κ3) is 2.79. The Kier molecular flexibility index (Phi) is 3.34. The highest BCUT2D eigenvalue weighted by Crippen LogP contribution is 2.15. The van der Waals surface area contributed by atoms with Crippen LogP contribution in [0.1, 0.15) is 12.1 Å². The molecule has 0 unspecified atom stereocenters. The minimum absolute atomic E-state index is 0.208. The fraction of sp³-hybridized carbons (Fsp3) is 0.200. The van der Waals surface area contributed by atoms with Crippen molar-refractivity contribution in [3.63, 3.8) is 0 Å². The molecule has 0 saturated carbocycles. The van der Waals surface area contributed by atoms with Gasteiger partial charge in [0, 0.05) is 25.2 Å². The van der Waals surface area contributed by atoms with E-state index in [9.17, 15) is 4.79 Å². The number of aromatic nitrogens is 4. The Labute approximate surface area is 102 Å². The van der Waals surface area contributed by atoms with E-state index in [-0.39, 0.29) is 12.3 Å². The predicted molar refractivity (Wildman–Crippen MR) is 61.7 cm³/mol. The second-order valence-corrected chi connectivity index (χ2v) is 3.81. The van der Waals surface area contributed by atoms with E-state index < -0.39 is 0 Å². The van der Waals surface area contributed by atoms with Crippen LogP contribution in [-0.2, 0) is 11.2 Å². The molecule has 0 saturated heterocycles. The summed E-state index contributed by atoms with van der Waals surface area (Å²) in [5, 5.41) is 0.426. The van der Waals surface area contributed by atoms with Gasteiger partial charge in [0.1, 0.15) is 6.33 Å². The summed E-state index contributed by atoms with van der Waals surface area (Å²) in [7, 11) is 0. The van der Waals surface area contributed by atoms with E-state index in [1.54, 1.807) is 23.3 Å². The van der Waals surface area contributed by atoms with Crippen LogP contribution < -0.4 is 5.73 Å². The summed E-state index contributed by atoms with van der Waals surface area (Å²) in [5.74, 6) is 0.0789. The third-order valence-corrected chi connectivity index (χ3v) is 2.46. The molecule has 0 fully saturated rings. The van der Waals surface area contributed by atoms with Crippen molar-refractivity contribution in [2.24, 2.45) is 5.73 Å². The van der Waals surface area contributed by atoms with Crippen molar-refractivity contribution in [2.75, 3.05) is 0 Å². The number of halogens is 1. The van der Waals surface area contributed by atoms with E-state index in [2.05, 4.69) is 15.0 Å². The summed E-state index contributed by atoms with van der Waals surface area (Å²) in [4.78, 5) is 22.9. The molecule has 0 aliphatic heterocycles. The fourth-order valence-electron chi connectivity index (χ4n) is 1.31. The van der Waals surface area contributed by atoms with E-state index in [0.717, 1.165) is 0 Å². The molecular weight excluding hydrogens is 242 g/mol. The molecule has 2 heterocycles. The molecule has 2 N–H and O–H groups in total. The number of primary amides is 1. The summed E-state index contributed by atoms with van der Waals surface area (Å²) < 4.78 is 1.66. The van der Waals surface area contributed by atoms with Crippen molar-refractivity contribution in [2.45, 2.75) is 12.8 Å². The van der Waals surface area contributed by atoms with Gasteiger partial charge in [-0.25, -0.2) is 15.0 Å². The maximum absolute atomic E-state index is 10.7. The van der Waals surface area contributed by atoms with Crippen molar-refractivity contribution in [1.29, 1.82) is 0 Å². The molecule has 1 amide bonds. The first-order valence-electron chi connectivity index (χ1n) is 4.95. The number of hydrogen-bond donors (Lipinski definition) is 1. The maximum atomic E-state index is 10.7. The van der Waals surface area contributed by atoms with Crippen LogP contribution in [-0.4, -0.2) is 25.4 Å². The van der Waals surface area contributed by atoms with Gasteiger partial charge in [-0.2, -0.15) is 0 Å². The maximum Gasteiger partial charge on any atom is 0.235 e. The molecule has 0 bridgehead atoms. The van der Waals surface area contributed by atoms with Crippen LogP contribution in [0.2, 0.25) is 5.02 Å². The fourth-order valence-corrected chi connectivity index (χ4v) is 1.50. The lowest BCUT2D eigenvalue weighted by atomic mass is 10.2. The van der Waals surface area contributed by atoms with Gasteiger partial charge in [0.2, 0.25) is 11.9 Å². The number of hydrogen-bond acceptors (Lipinski definition) is 4. The zero-order chi connectivity index (χ0) is 12.3. The molecule has 2 rings (SSSR count). The molecule has 0 aromatic carbocycles. The Morgan fingerprint density at radius 3 is 3.00 bits per heavy atom. The largest absolute Gasteiger partial charge is 0.370 e. The zero-order valence-electron chi connectivity index (χ0n) is 8.88. The topological polar surface area (TPSA) is 86.7 Å². The lowest BCUT2D eigenvalue weighted by Gasteiger charge is -2.05. The molecule has 17 heavy (non-hydrogen) atoms. The first-order chi connectivity index (χ1) is 8.16. The predicted octanol–water partition coefficient (Wildman–Crippen LogP) is 0.734. The van der Waals surface area contributed by atoms with Crippen LogP contribution in [0.5, 0.6) is 0 Å². The van der Waals surface area contributed by atoms with Crippen LogP contribution in [0.3, 0.4) is 0 Å². The van der Waals surface area contributed by atoms with Crippen LogP contribution in [0, 0.1) is 0 Å². The van der Waals surface area contributed by atoms with Crippen molar-refractivity contribution in [1.82, 2.24) is 19.5 Å². The summed E-state index contributed by atoms with van der Waals surface area (Å²) in [6.45, 7) is 0. The van der Waals surface area contributed by atoms with E-state index >= 15 is 0 Å². The van der Waals surface area contributed by atoms with Crippen molar-refractivity contribution in [3.8, 4) is 5.95 Å². The SMILES string of the molecule is NC(=O)CCc1nc(-n2ccnc2)ncc1Cl. The van der Waals surface area contributed by atoms with Gasteiger partial charge in [0.15, 0.2) is 0 Å². The van der Waals surface area contributed by atoms with Gasteiger partial charge in [-0.15, -0.1) is 0 Å². The van der Waals surface area contributed by atoms with Gasteiger partial charge < -0.3 is 5.73 Å². The molecule has 6 nitrogen and oxygen atoms in total. The lowest BCUT2D eigenvalue weighted by Crippen LogP contribution is -2.12. The molecule has 0 atom stereocenters. The second-order valence-electron chi connectivity index (χ2n) is 3.40. The van der Waals surface area contributed by atoms with Crippen LogP contribution in [0.25, 0.3) is 5.95 Å². The Balaban J connectivity index is 2.26. The molecule has 0 spiro atoms. The van der Waals surface area contributed by atoms with Crippen molar-refractivity contribution >= 4 is 17.5 Å². The van der Waals surface area contributed by atoms with Crippen molar-refractivity contribution < 1.29 is 4.79 Å². The Hall–Kier alpha value is -1.95. The van der Waals surface area contributed by atoms with E-state index in [4.69, 9.17) is 17.3 Å². The number of nitrogens with two attached hydrogens (primary N) is 1. The van der Waals surface area contributed by atoms with E-state index in [0.29, 0.717) is 23.1 Å². The summed E-state index contributed by atoms with van der Waals surface area (Å²) in [6, 6.07) is 0. The first-order valence-corrected chi connectivity index (χ1v) is 5.32. The lowest BCUT2D eigenvalue weighted by molar-refractivity contribution is -0.118. The number of imidazole rings is 1. The third-order valence-electron chi connectivity index (χ3n) is 2.15. The summed E-state index contributed by atoms with van der Waals surface area (Å²) in [5.41, 5.74) is 5.68. The molecule has 0 aliphatic rings. The van der Waals surface area contributed by atoms with E-state index in [1.807, 2.05) is 0 Å². The second kappa shape index (κ2) is 4.92. The van der Waals surface area contributed by atoms with Gasteiger partial charge in [-0.3, -0.25) is 9.36 Å². The summed E-state index contributed by atoms with van der Waals surface area (Å²) >= 11 is 5.94. The number of nitrogens with zero attached hydrogens (tertiary/aromatic N) is 4. The van der Waals surface area contributed by atoms with Gasteiger partial charge in [-0.05, 0) is 0 Å². The number of amides is 1. The molecule has 7 heteroatoms. The Bertz CT molecular complexity index is 525. The minimum atomic E-state index is -0.385. The molecule has 2 aromatic rings. The highest BCUT2D eigenvalue weighted by atomic mass is 35.5. The first kappa shape index (κ1) is 11.5. The number of carbonyl (C=O) groups excluding carboxylic acids is 1. The molecular formula is C10H10ClN5O. The minimum Gasteiger partial charge on any atom is -0.370 e. The molecule has 2 aromatic heterocycles. The van der Waals surface area contributed by atoms with Crippen LogP contribution in [0.4, 0.5) is 0 Å². The summed E-state index contributed by atoms with van der Waals surface area (Å²) in [6.07, 6.45) is 7.04. The average molecular weight is 252 g/mol.